The minimum atomic E-state index is 1.19. The van der Waals surface area contributed by atoms with Gasteiger partial charge in [-0.25, -0.2) is 0 Å². The second kappa shape index (κ2) is 5.50. The van der Waals surface area contributed by atoms with Gasteiger partial charge in [-0.3, -0.25) is 0 Å². The summed E-state index contributed by atoms with van der Waals surface area (Å²) in [5.41, 5.74) is 6.29. The highest BCUT2D eigenvalue weighted by Gasteiger charge is 2.07. The zero-order valence-electron chi connectivity index (χ0n) is 11.0. The second-order valence-electron chi connectivity index (χ2n) is 4.29. The maximum atomic E-state index is 3.88. The van der Waals surface area contributed by atoms with E-state index in [9.17, 15) is 0 Å². The molecule has 0 heteroatoms. The molecule has 0 aliphatic carbocycles. The van der Waals surface area contributed by atoms with Crippen molar-refractivity contribution in [3.8, 4) is 11.1 Å². The van der Waals surface area contributed by atoms with Crippen LogP contribution in [0.15, 0.2) is 67.3 Å². The molecule has 0 N–H and O–H groups in total. The summed E-state index contributed by atoms with van der Waals surface area (Å²) in [6.45, 7) is 8.10. The average molecular weight is 234 g/mol. The van der Waals surface area contributed by atoms with Crippen LogP contribution in [0.4, 0.5) is 0 Å². The summed E-state index contributed by atoms with van der Waals surface area (Å²) in [5, 5.41) is 0. The smallest absolute Gasteiger partial charge is 0.0149 e. The van der Waals surface area contributed by atoms with E-state index in [0.29, 0.717) is 0 Å². The monoisotopic (exact) mass is 234 g/mol. The van der Waals surface area contributed by atoms with Gasteiger partial charge in [-0.2, -0.15) is 0 Å². The van der Waals surface area contributed by atoms with E-state index in [1.165, 1.54) is 27.8 Å². The molecule has 0 aliphatic heterocycles. The van der Waals surface area contributed by atoms with E-state index in [1.54, 1.807) is 0 Å². The first kappa shape index (κ1) is 12.4. The van der Waals surface area contributed by atoms with E-state index in [-0.39, 0.29) is 0 Å². The van der Waals surface area contributed by atoms with Gasteiger partial charge in [0.1, 0.15) is 0 Å². The molecule has 90 valence electrons. The van der Waals surface area contributed by atoms with Gasteiger partial charge in [0.05, 0.1) is 0 Å². The molecule has 0 nitrogen and oxygen atoms in total. The van der Waals surface area contributed by atoms with Gasteiger partial charge in [-0.1, -0.05) is 67.3 Å². The van der Waals surface area contributed by atoms with Crippen LogP contribution in [0.5, 0.6) is 0 Å². The number of benzene rings is 2. The fourth-order valence-corrected chi connectivity index (χ4v) is 2.26. The second-order valence-corrected chi connectivity index (χ2v) is 4.29. The molecule has 2 aromatic rings. The Kier molecular flexibility index (Phi) is 3.78. The van der Waals surface area contributed by atoms with Gasteiger partial charge in [-0.15, -0.1) is 0 Å². The Morgan fingerprint density at radius 2 is 1.72 bits per heavy atom. The minimum Gasteiger partial charge on any atom is -0.0985 e. The lowest BCUT2D eigenvalue weighted by Crippen LogP contribution is -1.90. The van der Waals surface area contributed by atoms with Crippen molar-refractivity contribution in [1.29, 1.82) is 0 Å². The van der Waals surface area contributed by atoms with E-state index in [2.05, 4.69) is 62.0 Å². The lowest BCUT2D eigenvalue weighted by Gasteiger charge is -2.12. The normalized spacial score (nSPS) is 11.3. The summed E-state index contributed by atoms with van der Waals surface area (Å²) in [6.07, 6.45) is 4.02. The first-order valence-electron chi connectivity index (χ1n) is 6.22. The third-order valence-electron chi connectivity index (χ3n) is 3.26. The Bertz CT molecular complexity index is 574. The maximum Gasteiger partial charge on any atom is -0.0149 e. The Hall–Kier alpha value is -2.08. The van der Waals surface area contributed by atoms with Crippen molar-refractivity contribution in [3.63, 3.8) is 0 Å². The highest BCUT2D eigenvalue weighted by Crippen LogP contribution is 2.29. The fourth-order valence-electron chi connectivity index (χ4n) is 2.26. The third-order valence-corrected chi connectivity index (χ3v) is 3.26. The number of hydrogen-bond donors (Lipinski definition) is 0. The molecule has 0 heterocycles. The summed E-state index contributed by atoms with van der Waals surface area (Å²) in [6, 6.07) is 16.9. The molecular formula is C18H18. The van der Waals surface area contributed by atoms with Crippen molar-refractivity contribution >= 4 is 5.57 Å². The summed E-state index contributed by atoms with van der Waals surface area (Å²) >= 11 is 0. The number of hydrogen-bond acceptors (Lipinski definition) is 0. The molecule has 0 fully saturated rings. The molecule has 0 saturated carbocycles. The van der Waals surface area contributed by atoms with E-state index in [4.69, 9.17) is 0 Å². The Morgan fingerprint density at radius 3 is 2.33 bits per heavy atom. The van der Waals surface area contributed by atoms with Crippen LogP contribution >= 0.6 is 0 Å². The lowest BCUT2D eigenvalue weighted by atomic mass is 9.92. The van der Waals surface area contributed by atoms with Crippen LogP contribution in [0.1, 0.15) is 18.1 Å². The van der Waals surface area contributed by atoms with Crippen LogP contribution in [0.3, 0.4) is 0 Å². The SMILES string of the molecule is C=C/C(=C\C)c1cccc(-c2ccccc2)c1C. The van der Waals surface area contributed by atoms with Gasteiger partial charge in [0.2, 0.25) is 0 Å². The molecular weight excluding hydrogens is 216 g/mol. The van der Waals surface area contributed by atoms with Crippen LogP contribution in [-0.4, -0.2) is 0 Å². The molecule has 2 rings (SSSR count). The molecule has 2 aromatic carbocycles. The summed E-state index contributed by atoms with van der Waals surface area (Å²) in [7, 11) is 0. The van der Waals surface area contributed by atoms with Crippen molar-refractivity contribution < 1.29 is 0 Å². The van der Waals surface area contributed by atoms with Gasteiger partial charge in [0.25, 0.3) is 0 Å². The molecule has 0 amide bonds. The van der Waals surface area contributed by atoms with Gasteiger partial charge in [0.15, 0.2) is 0 Å². The zero-order valence-corrected chi connectivity index (χ0v) is 11.0. The highest BCUT2D eigenvalue weighted by molar-refractivity contribution is 5.80. The molecule has 0 aliphatic rings. The fraction of sp³-hybridized carbons (Fsp3) is 0.111. The zero-order chi connectivity index (χ0) is 13.0. The summed E-state index contributed by atoms with van der Waals surface area (Å²) < 4.78 is 0. The van der Waals surface area contributed by atoms with Crippen LogP contribution in [0, 0.1) is 6.92 Å². The van der Waals surface area contributed by atoms with Crippen molar-refractivity contribution in [2.75, 3.05) is 0 Å². The van der Waals surface area contributed by atoms with Crippen LogP contribution in [-0.2, 0) is 0 Å². The standard InChI is InChI=1S/C18H18/c1-4-15(5-2)17-12-9-13-18(14(17)3)16-10-7-6-8-11-16/h4-13H,1H2,2-3H3/b15-5+. The molecule has 0 atom stereocenters. The molecule has 0 aromatic heterocycles. The Balaban J connectivity index is 2.59. The van der Waals surface area contributed by atoms with Crippen molar-refractivity contribution in [2.24, 2.45) is 0 Å². The van der Waals surface area contributed by atoms with E-state index < -0.39 is 0 Å². The predicted molar refractivity (Wildman–Crippen MR) is 80.5 cm³/mol. The largest absolute Gasteiger partial charge is 0.0985 e. The van der Waals surface area contributed by atoms with Gasteiger partial charge in [0, 0.05) is 0 Å². The van der Waals surface area contributed by atoms with Crippen LogP contribution in [0.2, 0.25) is 0 Å². The Labute approximate surface area is 109 Å². The molecule has 0 spiro atoms. The first-order valence-corrected chi connectivity index (χ1v) is 6.22. The van der Waals surface area contributed by atoms with Gasteiger partial charge < -0.3 is 0 Å². The molecule has 0 bridgehead atoms. The van der Waals surface area contributed by atoms with Crippen molar-refractivity contribution in [1.82, 2.24) is 0 Å². The van der Waals surface area contributed by atoms with E-state index >= 15 is 0 Å². The number of rotatable bonds is 3. The molecule has 0 unspecified atom stereocenters. The highest BCUT2D eigenvalue weighted by atomic mass is 14.1. The van der Waals surface area contributed by atoms with Crippen molar-refractivity contribution in [3.05, 3.63) is 78.4 Å². The molecule has 0 radical (unpaired) electrons. The van der Waals surface area contributed by atoms with E-state index in [0.717, 1.165) is 0 Å². The average Bonchev–Trinajstić information content (AvgIpc) is 2.43. The topological polar surface area (TPSA) is 0 Å². The van der Waals surface area contributed by atoms with Crippen LogP contribution < -0.4 is 0 Å². The minimum absolute atomic E-state index is 1.19. The molecule has 0 saturated heterocycles. The summed E-state index contributed by atoms with van der Waals surface area (Å²) in [5.74, 6) is 0. The van der Waals surface area contributed by atoms with Gasteiger partial charge >= 0.3 is 0 Å². The predicted octanol–water partition coefficient (Wildman–Crippen LogP) is 5.25. The first-order chi connectivity index (χ1) is 8.77. The van der Waals surface area contributed by atoms with Gasteiger partial charge in [-0.05, 0) is 41.7 Å². The van der Waals surface area contributed by atoms with Crippen molar-refractivity contribution in [2.45, 2.75) is 13.8 Å². The maximum absolute atomic E-state index is 3.88. The molecule has 18 heavy (non-hydrogen) atoms. The number of allylic oxidation sites excluding steroid dienone is 3. The Morgan fingerprint density at radius 1 is 1.00 bits per heavy atom. The van der Waals surface area contributed by atoms with E-state index in [1.807, 2.05) is 19.1 Å². The lowest BCUT2D eigenvalue weighted by molar-refractivity contribution is 1.41. The quantitative estimate of drug-likeness (QED) is 0.636. The summed E-state index contributed by atoms with van der Waals surface area (Å²) in [4.78, 5) is 0. The van der Waals surface area contributed by atoms with Crippen LogP contribution in [0.25, 0.3) is 16.7 Å². The third kappa shape index (κ3) is 2.28.